The van der Waals surface area contributed by atoms with E-state index in [1.807, 2.05) is 36.4 Å². The van der Waals surface area contributed by atoms with E-state index in [1.165, 1.54) is 11.3 Å². The molecule has 1 aromatic heterocycles. The molecule has 0 N–H and O–H groups in total. The molecule has 0 unspecified atom stereocenters. The number of methoxy groups -OCH3 is 2. The van der Waals surface area contributed by atoms with Crippen LogP contribution in [0.4, 0.5) is 0 Å². The lowest BCUT2D eigenvalue weighted by molar-refractivity contribution is 0.415. The first-order valence-corrected chi connectivity index (χ1v) is 10.9. The van der Waals surface area contributed by atoms with E-state index in [1.54, 1.807) is 50.6 Å². The number of thiophene rings is 1. The third-order valence-electron chi connectivity index (χ3n) is 4.54. The van der Waals surface area contributed by atoms with Gasteiger partial charge in [0.15, 0.2) is 0 Å². The predicted octanol–water partition coefficient (Wildman–Crippen LogP) is 5.42. The van der Waals surface area contributed by atoms with Crippen LogP contribution in [0.25, 0.3) is 21.2 Å². The van der Waals surface area contributed by atoms with Crippen molar-refractivity contribution in [2.75, 3.05) is 14.2 Å². The van der Waals surface area contributed by atoms with Gasteiger partial charge in [-0.1, -0.05) is 18.2 Å². The van der Waals surface area contributed by atoms with Crippen LogP contribution in [0.1, 0.15) is 0 Å². The highest BCUT2D eigenvalue weighted by Crippen LogP contribution is 2.44. The van der Waals surface area contributed by atoms with E-state index in [2.05, 4.69) is 0 Å². The van der Waals surface area contributed by atoms with Crippen molar-refractivity contribution in [3.05, 3.63) is 72.8 Å². The highest BCUT2D eigenvalue weighted by Gasteiger charge is 2.25. The van der Waals surface area contributed by atoms with Crippen molar-refractivity contribution in [1.29, 1.82) is 0 Å². The molecule has 0 spiro atoms. The SMILES string of the molecule is COc1ccc(-c2sc(S(=O)(=O)c3ccccc3)c3cc(OC)ccc23)cc1. The summed E-state index contributed by atoms with van der Waals surface area (Å²) in [5.74, 6) is 1.37. The number of hydrogen-bond donors (Lipinski definition) is 0. The average molecular weight is 411 g/mol. The molecule has 0 aliphatic carbocycles. The molecule has 0 saturated carbocycles. The van der Waals surface area contributed by atoms with Gasteiger partial charge in [-0.2, -0.15) is 0 Å². The minimum atomic E-state index is -3.65. The van der Waals surface area contributed by atoms with Crippen molar-refractivity contribution >= 4 is 31.9 Å². The maximum atomic E-state index is 13.3. The number of hydrogen-bond acceptors (Lipinski definition) is 5. The summed E-state index contributed by atoms with van der Waals surface area (Å²) in [6.07, 6.45) is 0. The smallest absolute Gasteiger partial charge is 0.216 e. The van der Waals surface area contributed by atoms with Crippen molar-refractivity contribution in [3.63, 3.8) is 0 Å². The van der Waals surface area contributed by atoms with Crippen LogP contribution in [0, 0.1) is 0 Å². The summed E-state index contributed by atoms with van der Waals surface area (Å²) in [7, 11) is -0.462. The Morgan fingerprint density at radius 1 is 0.750 bits per heavy atom. The zero-order valence-electron chi connectivity index (χ0n) is 15.4. The van der Waals surface area contributed by atoms with E-state index in [0.29, 0.717) is 15.3 Å². The standard InChI is InChI=1S/C22H18O4S2/c1-25-16-10-8-15(9-11-16)21-19-13-12-17(26-2)14-20(19)22(27-21)28(23,24)18-6-4-3-5-7-18/h3-14H,1-2H3. The molecule has 0 amide bonds. The lowest BCUT2D eigenvalue weighted by Crippen LogP contribution is -1.99. The van der Waals surface area contributed by atoms with Crippen molar-refractivity contribution in [2.24, 2.45) is 0 Å². The molecule has 0 saturated heterocycles. The summed E-state index contributed by atoms with van der Waals surface area (Å²) in [5, 5.41) is 1.55. The topological polar surface area (TPSA) is 52.6 Å². The van der Waals surface area contributed by atoms with Crippen LogP contribution in [0.2, 0.25) is 0 Å². The molecule has 3 aromatic carbocycles. The second-order valence-electron chi connectivity index (χ2n) is 6.18. The van der Waals surface area contributed by atoms with Gasteiger partial charge in [0.2, 0.25) is 9.84 Å². The predicted molar refractivity (Wildman–Crippen MR) is 112 cm³/mol. The van der Waals surface area contributed by atoms with Crippen LogP contribution in [-0.4, -0.2) is 22.6 Å². The van der Waals surface area contributed by atoms with Gasteiger partial charge in [-0.15, -0.1) is 11.3 Å². The molecule has 142 valence electrons. The normalized spacial score (nSPS) is 11.5. The Morgan fingerprint density at radius 3 is 2.04 bits per heavy atom. The van der Waals surface area contributed by atoms with Gasteiger partial charge in [0, 0.05) is 15.6 Å². The molecule has 0 bridgehead atoms. The summed E-state index contributed by atoms with van der Waals surface area (Å²) in [5.41, 5.74) is 0.940. The zero-order valence-corrected chi connectivity index (χ0v) is 17.0. The third-order valence-corrected chi connectivity index (χ3v) is 8.11. The second-order valence-corrected chi connectivity index (χ2v) is 9.34. The highest BCUT2D eigenvalue weighted by atomic mass is 32.2. The maximum absolute atomic E-state index is 13.3. The first-order valence-electron chi connectivity index (χ1n) is 8.59. The zero-order chi connectivity index (χ0) is 19.7. The molecule has 0 radical (unpaired) electrons. The molecule has 6 heteroatoms. The maximum Gasteiger partial charge on any atom is 0.216 e. The number of fused-ring (bicyclic) bond motifs is 1. The number of rotatable bonds is 5. The molecule has 4 nitrogen and oxygen atoms in total. The Hall–Kier alpha value is -2.83. The van der Waals surface area contributed by atoms with Gasteiger partial charge >= 0.3 is 0 Å². The van der Waals surface area contributed by atoms with E-state index in [9.17, 15) is 8.42 Å². The lowest BCUT2D eigenvalue weighted by atomic mass is 10.1. The Labute approximate surface area is 167 Å². The molecule has 0 aliphatic rings. The van der Waals surface area contributed by atoms with E-state index < -0.39 is 9.84 Å². The van der Waals surface area contributed by atoms with Crippen LogP contribution in [0.3, 0.4) is 0 Å². The van der Waals surface area contributed by atoms with Crippen molar-refractivity contribution in [2.45, 2.75) is 9.10 Å². The summed E-state index contributed by atoms with van der Waals surface area (Å²) in [4.78, 5) is 1.18. The molecular formula is C22H18O4S2. The van der Waals surface area contributed by atoms with Gasteiger partial charge in [-0.3, -0.25) is 0 Å². The summed E-state index contributed by atoms with van der Waals surface area (Å²) in [6.45, 7) is 0. The van der Waals surface area contributed by atoms with Gasteiger partial charge in [-0.05, 0) is 60.2 Å². The third kappa shape index (κ3) is 3.15. The Bertz CT molecular complexity index is 1230. The van der Waals surface area contributed by atoms with E-state index >= 15 is 0 Å². The number of ether oxygens (including phenoxy) is 2. The minimum Gasteiger partial charge on any atom is -0.497 e. The Kier molecular flexibility index (Phi) is 4.83. The minimum absolute atomic E-state index is 0.280. The average Bonchev–Trinajstić information content (AvgIpc) is 3.14. The number of benzene rings is 3. The molecule has 28 heavy (non-hydrogen) atoms. The van der Waals surface area contributed by atoms with Gasteiger partial charge in [0.1, 0.15) is 15.7 Å². The molecule has 4 aromatic rings. The van der Waals surface area contributed by atoms with Crippen molar-refractivity contribution < 1.29 is 17.9 Å². The Balaban J connectivity index is 1.98. The van der Waals surface area contributed by atoms with Crippen molar-refractivity contribution in [1.82, 2.24) is 0 Å². The van der Waals surface area contributed by atoms with E-state index in [-0.39, 0.29) is 4.90 Å². The van der Waals surface area contributed by atoms with Gasteiger partial charge < -0.3 is 9.47 Å². The molecule has 0 atom stereocenters. The Morgan fingerprint density at radius 2 is 1.39 bits per heavy atom. The van der Waals surface area contributed by atoms with Crippen LogP contribution in [-0.2, 0) is 9.84 Å². The van der Waals surface area contributed by atoms with Crippen LogP contribution in [0.5, 0.6) is 11.5 Å². The van der Waals surface area contributed by atoms with Crippen LogP contribution >= 0.6 is 11.3 Å². The first-order chi connectivity index (χ1) is 13.5. The van der Waals surface area contributed by atoms with Gasteiger partial charge in [-0.25, -0.2) is 8.42 Å². The lowest BCUT2D eigenvalue weighted by Gasteiger charge is -2.04. The number of sulfone groups is 1. The molecule has 4 rings (SSSR count). The van der Waals surface area contributed by atoms with E-state index in [0.717, 1.165) is 21.6 Å². The fourth-order valence-electron chi connectivity index (χ4n) is 3.08. The van der Waals surface area contributed by atoms with E-state index in [4.69, 9.17) is 9.47 Å². The van der Waals surface area contributed by atoms with Crippen LogP contribution < -0.4 is 9.47 Å². The quantitative estimate of drug-likeness (QED) is 0.441. The first kappa shape index (κ1) is 18.5. The van der Waals surface area contributed by atoms with Crippen molar-refractivity contribution in [3.8, 4) is 21.9 Å². The summed E-state index contributed by atoms with van der Waals surface area (Å²) >= 11 is 1.28. The highest BCUT2D eigenvalue weighted by molar-refractivity contribution is 7.93. The second kappa shape index (κ2) is 7.30. The summed E-state index contributed by atoms with van der Waals surface area (Å²) in [6, 6.07) is 21.7. The summed E-state index contributed by atoms with van der Waals surface area (Å²) < 4.78 is 37.6. The molecular weight excluding hydrogens is 392 g/mol. The van der Waals surface area contributed by atoms with Gasteiger partial charge in [0.05, 0.1) is 19.1 Å². The van der Waals surface area contributed by atoms with Crippen LogP contribution in [0.15, 0.2) is 81.9 Å². The monoisotopic (exact) mass is 410 g/mol. The molecule has 0 fully saturated rings. The fourth-order valence-corrected chi connectivity index (χ4v) is 6.25. The molecule has 1 heterocycles. The molecule has 0 aliphatic heterocycles. The largest absolute Gasteiger partial charge is 0.497 e. The van der Waals surface area contributed by atoms with Gasteiger partial charge in [0.25, 0.3) is 0 Å². The fraction of sp³-hybridized carbons (Fsp3) is 0.0909.